The summed E-state index contributed by atoms with van der Waals surface area (Å²) in [4.78, 5) is 11.8. The van der Waals surface area contributed by atoms with Crippen molar-refractivity contribution in [3.63, 3.8) is 0 Å². The third-order valence-electron chi connectivity index (χ3n) is 5.27. The van der Waals surface area contributed by atoms with Crippen LogP contribution in [0.3, 0.4) is 0 Å². The smallest absolute Gasteiger partial charge is 0.191 e. The number of hydrogen-bond acceptors (Lipinski definition) is 4. The topological polar surface area (TPSA) is 52.6 Å². The molecule has 0 spiro atoms. The first-order valence-electron chi connectivity index (χ1n) is 10.9. The van der Waals surface area contributed by atoms with Crippen LogP contribution in [0.4, 0.5) is 10.1 Å². The van der Waals surface area contributed by atoms with E-state index in [-0.39, 0.29) is 35.2 Å². The second kappa shape index (κ2) is 12.0. The minimum Gasteiger partial charge on any atom is -0.371 e. The maximum Gasteiger partial charge on any atom is 0.191 e. The molecule has 0 bridgehead atoms. The molecule has 5 nitrogen and oxygen atoms in total. The number of anilines is 1. The first-order chi connectivity index (χ1) is 14.3. The maximum atomic E-state index is 13.5. The molecule has 1 aliphatic heterocycles. The molecule has 1 saturated heterocycles. The lowest BCUT2D eigenvalue weighted by molar-refractivity contribution is 0.461. The molecule has 3 rings (SSSR count). The number of rotatable bonds is 6. The van der Waals surface area contributed by atoms with Gasteiger partial charge in [-0.25, -0.2) is 9.37 Å². The number of piperidine rings is 1. The average Bonchev–Trinajstić information content (AvgIpc) is 3.18. The van der Waals surface area contributed by atoms with Crippen LogP contribution >= 0.6 is 35.3 Å². The molecule has 0 amide bonds. The van der Waals surface area contributed by atoms with Crippen LogP contribution in [0.25, 0.3) is 0 Å². The van der Waals surface area contributed by atoms with Gasteiger partial charge in [-0.05, 0) is 38.0 Å². The highest BCUT2D eigenvalue weighted by Gasteiger charge is 2.21. The van der Waals surface area contributed by atoms with Gasteiger partial charge >= 0.3 is 0 Å². The van der Waals surface area contributed by atoms with Crippen molar-refractivity contribution in [1.82, 2.24) is 15.6 Å². The number of aliphatic imine (C=N–C) groups is 1. The zero-order chi connectivity index (χ0) is 21.6. The Balaban J connectivity index is 0.00000341. The molecule has 0 aliphatic carbocycles. The highest BCUT2D eigenvalue weighted by atomic mass is 127. The Kier molecular flexibility index (Phi) is 9.99. The van der Waals surface area contributed by atoms with Gasteiger partial charge in [-0.2, -0.15) is 0 Å². The molecule has 0 unspecified atom stereocenters. The van der Waals surface area contributed by atoms with Crippen LogP contribution in [0.5, 0.6) is 0 Å². The fraction of sp³-hybridized carbons (Fsp3) is 0.565. The van der Waals surface area contributed by atoms with Crippen LogP contribution in [0, 0.1) is 5.82 Å². The lowest BCUT2D eigenvalue weighted by atomic mass is 9.93. The second-order valence-corrected chi connectivity index (χ2v) is 9.72. The van der Waals surface area contributed by atoms with E-state index >= 15 is 0 Å². The van der Waals surface area contributed by atoms with Crippen LogP contribution in [-0.4, -0.2) is 43.2 Å². The van der Waals surface area contributed by atoms with E-state index in [0.29, 0.717) is 12.6 Å². The highest BCUT2D eigenvalue weighted by Crippen LogP contribution is 2.24. The van der Waals surface area contributed by atoms with E-state index in [2.05, 4.69) is 48.6 Å². The fourth-order valence-electron chi connectivity index (χ4n) is 3.50. The van der Waals surface area contributed by atoms with Crippen LogP contribution < -0.4 is 15.5 Å². The molecule has 0 atom stereocenters. The number of benzene rings is 1. The van der Waals surface area contributed by atoms with E-state index in [0.717, 1.165) is 61.2 Å². The number of aromatic nitrogens is 1. The number of hydrogen-bond donors (Lipinski definition) is 2. The normalized spacial score (nSPS) is 15.5. The van der Waals surface area contributed by atoms with E-state index in [1.165, 1.54) is 6.07 Å². The molecule has 1 aromatic heterocycles. The average molecular weight is 560 g/mol. The van der Waals surface area contributed by atoms with Gasteiger partial charge in [-0.15, -0.1) is 35.3 Å². The summed E-state index contributed by atoms with van der Waals surface area (Å²) in [6, 6.07) is 7.24. The number of guanidine groups is 1. The number of halogens is 2. The molecule has 2 aromatic rings. The van der Waals surface area contributed by atoms with Crippen molar-refractivity contribution in [2.24, 2.45) is 4.99 Å². The molecule has 31 heavy (non-hydrogen) atoms. The van der Waals surface area contributed by atoms with Crippen molar-refractivity contribution in [2.45, 2.75) is 58.4 Å². The zero-order valence-corrected chi connectivity index (χ0v) is 22.1. The summed E-state index contributed by atoms with van der Waals surface area (Å²) in [5.41, 5.74) is 2.21. The molecule has 2 heterocycles. The van der Waals surface area contributed by atoms with Crippen molar-refractivity contribution in [1.29, 1.82) is 0 Å². The molecule has 1 aliphatic rings. The molecule has 0 saturated carbocycles. The number of nitrogens with zero attached hydrogens (tertiary/aromatic N) is 3. The van der Waals surface area contributed by atoms with Crippen molar-refractivity contribution in [3.8, 4) is 0 Å². The Morgan fingerprint density at radius 2 is 2.03 bits per heavy atom. The fourth-order valence-corrected chi connectivity index (χ4v) is 4.52. The van der Waals surface area contributed by atoms with Gasteiger partial charge < -0.3 is 15.5 Å². The predicted octanol–water partition coefficient (Wildman–Crippen LogP) is 4.96. The molecule has 1 aromatic carbocycles. The Morgan fingerprint density at radius 3 is 2.65 bits per heavy atom. The van der Waals surface area contributed by atoms with Gasteiger partial charge in [0.15, 0.2) is 5.96 Å². The van der Waals surface area contributed by atoms with Crippen LogP contribution in [0.15, 0.2) is 34.6 Å². The highest BCUT2D eigenvalue weighted by molar-refractivity contribution is 14.0. The number of thiazole rings is 1. The second-order valence-electron chi connectivity index (χ2n) is 8.77. The summed E-state index contributed by atoms with van der Waals surface area (Å²) < 4.78 is 13.5. The molecule has 2 N–H and O–H groups in total. The van der Waals surface area contributed by atoms with Crippen molar-refractivity contribution in [2.75, 3.05) is 31.1 Å². The SMILES string of the molecule is CCNC(=NCCc1nc(C(C)(C)C)cs1)NC1CCN(c2cccc(F)c2)CC1.I. The third kappa shape index (κ3) is 7.89. The molecular weight excluding hydrogens is 524 g/mol. The van der Waals surface area contributed by atoms with E-state index in [4.69, 9.17) is 9.98 Å². The minimum absolute atomic E-state index is 0. The molecule has 1 fully saturated rings. The van der Waals surface area contributed by atoms with Gasteiger partial charge in [-0.1, -0.05) is 26.8 Å². The number of nitrogens with one attached hydrogen (secondary N) is 2. The monoisotopic (exact) mass is 559 g/mol. The lowest BCUT2D eigenvalue weighted by Crippen LogP contribution is -2.48. The lowest BCUT2D eigenvalue weighted by Gasteiger charge is -2.34. The van der Waals surface area contributed by atoms with Gasteiger partial charge in [-0.3, -0.25) is 4.99 Å². The first-order valence-corrected chi connectivity index (χ1v) is 11.7. The van der Waals surface area contributed by atoms with Crippen molar-refractivity contribution < 1.29 is 4.39 Å². The molecule has 8 heteroatoms. The van der Waals surface area contributed by atoms with Crippen molar-refractivity contribution >= 4 is 47.0 Å². The third-order valence-corrected chi connectivity index (χ3v) is 6.18. The van der Waals surface area contributed by atoms with Crippen LogP contribution in [0.2, 0.25) is 0 Å². The zero-order valence-electron chi connectivity index (χ0n) is 18.9. The molecular formula is C23H35FIN5S. The van der Waals surface area contributed by atoms with E-state index < -0.39 is 0 Å². The van der Waals surface area contributed by atoms with E-state index in [9.17, 15) is 4.39 Å². The maximum absolute atomic E-state index is 13.5. The van der Waals surface area contributed by atoms with Gasteiger partial charge in [0, 0.05) is 55.1 Å². The van der Waals surface area contributed by atoms with E-state index in [1.807, 2.05) is 6.07 Å². The van der Waals surface area contributed by atoms with Gasteiger partial charge in [0.25, 0.3) is 0 Å². The van der Waals surface area contributed by atoms with Crippen LogP contribution in [0.1, 0.15) is 51.2 Å². The Bertz CT molecular complexity index is 840. The summed E-state index contributed by atoms with van der Waals surface area (Å²) >= 11 is 1.72. The summed E-state index contributed by atoms with van der Waals surface area (Å²) in [7, 11) is 0. The van der Waals surface area contributed by atoms with Gasteiger partial charge in [0.2, 0.25) is 0 Å². The van der Waals surface area contributed by atoms with E-state index in [1.54, 1.807) is 23.5 Å². The largest absolute Gasteiger partial charge is 0.371 e. The summed E-state index contributed by atoms with van der Waals surface area (Å²) in [6.45, 7) is 12.0. The Hall–Kier alpha value is -1.42. The summed E-state index contributed by atoms with van der Waals surface area (Å²) in [6.07, 6.45) is 2.86. The van der Waals surface area contributed by atoms with Gasteiger partial charge in [0.05, 0.1) is 10.7 Å². The molecule has 172 valence electrons. The summed E-state index contributed by atoms with van der Waals surface area (Å²) in [5.74, 6) is 0.693. The Morgan fingerprint density at radius 1 is 1.29 bits per heavy atom. The first kappa shape index (κ1) is 25.8. The van der Waals surface area contributed by atoms with Crippen LogP contribution in [-0.2, 0) is 11.8 Å². The standard InChI is InChI=1S/C23H34FN5S.HI/c1-5-25-22(26-12-9-21-28-20(16-30-21)23(2,3)4)27-18-10-13-29(14-11-18)19-8-6-7-17(24)15-19;/h6-8,15-16,18H,5,9-14H2,1-4H3,(H2,25,26,27);1H. The Labute approximate surface area is 207 Å². The van der Waals surface area contributed by atoms with Crippen molar-refractivity contribution in [3.05, 3.63) is 46.2 Å². The predicted molar refractivity (Wildman–Crippen MR) is 141 cm³/mol. The van der Waals surface area contributed by atoms with Gasteiger partial charge in [0.1, 0.15) is 5.82 Å². The summed E-state index contributed by atoms with van der Waals surface area (Å²) in [5, 5.41) is 10.2. The minimum atomic E-state index is -0.177. The quantitative estimate of drug-likeness (QED) is 0.299. The molecule has 0 radical (unpaired) electrons.